The normalized spacial score (nSPS) is 15.0. The topological polar surface area (TPSA) is 77.8 Å². The Bertz CT molecular complexity index is 402. The number of halogens is 1. The molecule has 0 radical (unpaired) electrons. The van der Waals surface area contributed by atoms with Crippen molar-refractivity contribution in [3.05, 3.63) is 28.0 Å². The fraction of sp³-hybridized carbons (Fsp3) is 0.364. The summed E-state index contributed by atoms with van der Waals surface area (Å²) >= 11 is 6.77. The summed E-state index contributed by atoms with van der Waals surface area (Å²) in [5.74, 6) is -0.753. The zero-order valence-corrected chi connectivity index (χ0v) is 10.5. The van der Waals surface area contributed by atoms with Gasteiger partial charge in [0.25, 0.3) is 0 Å². The first-order valence-corrected chi connectivity index (χ1v) is 6.37. The molecule has 2 unspecified atom stereocenters. The largest absolute Gasteiger partial charge is 0.478 e. The predicted octanol–water partition coefficient (Wildman–Crippen LogP) is 1.87. The number of rotatable bonds is 6. The van der Waals surface area contributed by atoms with Gasteiger partial charge in [-0.25, -0.2) is 4.79 Å². The number of aliphatic carboxylic acids is 1. The highest BCUT2D eigenvalue weighted by Gasteiger charge is 2.18. The van der Waals surface area contributed by atoms with Gasteiger partial charge in [-0.2, -0.15) is 0 Å². The van der Waals surface area contributed by atoms with Crippen LogP contribution in [0.2, 0.25) is 0 Å². The summed E-state index contributed by atoms with van der Waals surface area (Å²) in [6.45, 7) is 0. The van der Waals surface area contributed by atoms with Gasteiger partial charge in [-0.1, -0.05) is 0 Å². The van der Waals surface area contributed by atoms with Gasteiger partial charge >= 0.3 is 5.97 Å². The van der Waals surface area contributed by atoms with Gasteiger partial charge in [-0.15, -0.1) is 22.9 Å². The standard InChI is InChI=1S/C11H13ClO4S/c12-4-3-9(13)11(16)7-5-8(17-6-7)1-2-10(14)15/h1-2,5-6,9,11,13,16H,3-4H2,(H,14,15)/b2-1+. The summed E-state index contributed by atoms with van der Waals surface area (Å²) in [6, 6.07) is 1.65. The van der Waals surface area contributed by atoms with Crippen LogP contribution in [0.4, 0.5) is 0 Å². The minimum absolute atomic E-state index is 0.272. The zero-order valence-electron chi connectivity index (χ0n) is 8.91. The fourth-order valence-corrected chi connectivity index (χ4v) is 2.31. The highest BCUT2D eigenvalue weighted by Crippen LogP contribution is 2.25. The van der Waals surface area contributed by atoms with E-state index in [0.29, 0.717) is 16.9 Å². The second-order valence-corrected chi connectivity index (χ2v) is 4.76. The van der Waals surface area contributed by atoms with Crippen LogP contribution in [-0.2, 0) is 4.79 Å². The molecule has 2 atom stereocenters. The van der Waals surface area contributed by atoms with E-state index in [1.807, 2.05) is 0 Å². The molecule has 0 saturated heterocycles. The number of aliphatic hydroxyl groups excluding tert-OH is 2. The minimum Gasteiger partial charge on any atom is -0.478 e. The molecule has 0 aromatic carbocycles. The van der Waals surface area contributed by atoms with Crippen molar-refractivity contribution in [2.45, 2.75) is 18.6 Å². The van der Waals surface area contributed by atoms with E-state index in [4.69, 9.17) is 16.7 Å². The zero-order chi connectivity index (χ0) is 12.8. The summed E-state index contributed by atoms with van der Waals surface area (Å²) in [5, 5.41) is 29.5. The van der Waals surface area contributed by atoms with Crippen LogP contribution >= 0.6 is 22.9 Å². The molecule has 0 fully saturated rings. The molecule has 0 aliphatic rings. The van der Waals surface area contributed by atoms with Crippen molar-refractivity contribution in [2.24, 2.45) is 0 Å². The van der Waals surface area contributed by atoms with Crippen LogP contribution in [0.3, 0.4) is 0 Å². The predicted molar refractivity (Wildman–Crippen MR) is 67.3 cm³/mol. The van der Waals surface area contributed by atoms with Crippen molar-refractivity contribution in [3.63, 3.8) is 0 Å². The van der Waals surface area contributed by atoms with E-state index in [2.05, 4.69) is 0 Å². The van der Waals surface area contributed by atoms with Crippen LogP contribution in [0.1, 0.15) is 23.0 Å². The van der Waals surface area contributed by atoms with Crippen LogP contribution in [0.5, 0.6) is 0 Å². The second kappa shape index (κ2) is 6.76. The number of alkyl halides is 1. The third kappa shape index (κ3) is 4.47. The Labute approximate surface area is 108 Å². The van der Waals surface area contributed by atoms with Crippen molar-refractivity contribution < 1.29 is 20.1 Å². The average Bonchev–Trinajstić information content (AvgIpc) is 2.74. The van der Waals surface area contributed by atoms with Gasteiger partial charge in [0.2, 0.25) is 0 Å². The average molecular weight is 277 g/mol. The molecule has 1 aromatic heterocycles. The molecule has 0 saturated carbocycles. The summed E-state index contributed by atoms with van der Waals surface area (Å²) in [5.41, 5.74) is 0.567. The van der Waals surface area contributed by atoms with Crippen molar-refractivity contribution in [2.75, 3.05) is 5.88 Å². The van der Waals surface area contributed by atoms with Gasteiger partial charge in [0.1, 0.15) is 6.10 Å². The molecule has 1 aromatic rings. The molecular formula is C11H13ClO4S. The molecule has 0 amide bonds. The van der Waals surface area contributed by atoms with Crippen LogP contribution in [0.25, 0.3) is 6.08 Å². The Kier molecular flexibility index (Phi) is 5.64. The van der Waals surface area contributed by atoms with Gasteiger partial charge in [0.15, 0.2) is 0 Å². The Hall–Kier alpha value is -0.880. The first kappa shape index (κ1) is 14.2. The molecule has 3 N–H and O–H groups in total. The number of hydrogen-bond donors (Lipinski definition) is 3. The highest BCUT2D eigenvalue weighted by atomic mass is 35.5. The van der Waals surface area contributed by atoms with Gasteiger partial charge < -0.3 is 15.3 Å². The van der Waals surface area contributed by atoms with Crippen molar-refractivity contribution in [3.8, 4) is 0 Å². The van der Waals surface area contributed by atoms with Gasteiger partial charge in [-0.3, -0.25) is 0 Å². The molecule has 0 bridgehead atoms. The van der Waals surface area contributed by atoms with E-state index in [1.54, 1.807) is 11.4 Å². The number of carboxylic acid groups (broad SMARTS) is 1. The fourth-order valence-electron chi connectivity index (χ4n) is 1.26. The smallest absolute Gasteiger partial charge is 0.328 e. The summed E-state index contributed by atoms with van der Waals surface area (Å²) in [6.07, 6.45) is 0.878. The summed E-state index contributed by atoms with van der Waals surface area (Å²) in [7, 11) is 0. The van der Waals surface area contributed by atoms with Gasteiger partial charge in [0, 0.05) is 16.8 Å². The molecule has 1 rings (SSSR count). The maximum absolute atomic E-state index is 10.3. The van der Waals surface area contributed by atoms with Crippen molar-refractivity contribution in [1.82, 2.24) is 0 Å². The number of carboxylic acids is 1. The first-order chi connectivity index (χ1) is 8.04. The van der Waals surface area contributed by atoms with E-state index in [-0.39, 0.29) is 5.88 Å². The molecule has 17 heavy (non-hydrogen) atoms. The van der Waals surface area contributed by atoms with E-state index in [0.717, 1.165) is 6.08 Å². The van der Waals surface area contributed by atoms with E-state index < -0.39 is 18.2 Å². The number of thiophene rings is 1. The maximum atomic E-state index is 10.3. The van der Waals surface area contributed by atoms with Crippen molar-refractivity contribution >= 4 is 35.0 Å². The Morgan fingerprint density at radius 3 is 2.82 bits per heavy atom. The van der Waals surface area contributed by atoms with Crippen LogP contribution in [0, 0.1) is 0 Å². The Morgan fingerprint density at radius 1 is 1.53 bits per heavy atom. The highest BCUT2D eigenvalue weighted by molar-refractivity contribution is 7.11. The number of carbonyl (C=O) groups is 1. The van der Waals surface area contributed by atoms with E-state index in [1.165, 1.54) is 17.4 Å². The lowest BCUT2D eigenvalue weighted by atomic mass is 10.1. The summed E-state index contributed by atoms with van der Waals surface area (Å²) in [4.78, 5) is 11.0. The van der Waals surface area contributed by atoms with Crippen molar-refractivity contribution in [1.29, 1.82) is 0 Å². The molecule has 6 heteroatoms. The second-order valence-electron chi connectivity index (χ2n) is 3.44. The van der Waals surface area contributed by atoms with Gasteiger partial charge in [0.05, 0.1) is 6.10 Å². The molecular weight excluding hydrogens is 264 g/mol. The molecule has 94 valence electrons. The molecule has 0 aliphatic carbocycles. The lowest BCUT2D eigenvalue weighted by Gasteiger charge is -2.15. The van der Waals surface area contributed by atoms with E-state index in [9.17, 15) is 15.0 Å². The van der Waals surface area contributed by atoms with E-state index >= 15 is 0 Å². The molecule has 1 heterocycles. The van der Waals surface area contributed by atoms with Crippen LogP contribution < -0.4 is 0 Å². The molecule has 4 nitrogen and oxygen atoms in total. The molecule has 0 aliphatic heterocycles. The first-order valence-electron chi connectivity index (χ1n) is 4.96. The third-order valence-electron chi connectivity index (χ3n) is 2.14. The SMILES string of the molecule is O=C(O)/C=C/c1cc(C(O)C(O)CCCl)cs1. The Morgan fingerprint density at radius 2 is 2.24 bits per heavy atom. The quantitative estimate of drug-likeness (QED) is 0.547. The van der Waals surface area contributed by atoms with Crippen LogP contribution in [0.15, 0.2) is 17.5 Å². The van der Waals surface area contributed by atoms with Crippen LogP contribution in [-0.4, -0.2) is 33.3 Å². The van der Waals surface area contributed by atoms with Gasteiger partial charge in [-0.05, 0) is 29.5 Å². The maximum Gasteiger partial charge on any atom is 0.328 e. The lowest BCUT2D eigenvalue weighted by Crippen LogP contribution is -2.18. The monoisotopic (exact) mass is 276 g/mol. The Balaban J connectivity index is 2.70. The number of aliphatic hydroxyl groups is 2. The lowest BCUT2D eigenvalue weighted by molar-refractivity contribution is -0.131. The third-order valence-corrected chi connectivity index (χ3v) is 3.28. The summed E-state index contributed by atoms with van der Waals surface area (Å²) < 4.78 is 0. The molecule has 0 spiro atoms. The number of hydrogen-bond acceptors (Lipinski definition) is 4. The minimum atomic E-state index is -1.03.